The van der Waals surface area contributed by atoms with Gasteiger partial charge in [0.2, 0.25) is 10.0 Å². The van der Waals surface area contributed by atoms with Crippen LogP contribution in [-0.4, -0.2) is 69.4 Å². The maximum Gasteiger partial charge on any atom is 0.243 e. The van der Waals surface area contributed by atoms with Gasteiger partial charge in [-0.15, -0.1) is 24.0 Å². The number of nitrogens with zero attached hydrogens (tertiary/aromatic N) is 3. The van der Waals surface area contributed by atoms with Gasteiger partial charge in [-0.05, 0) is 69.9 Å². The lowest BCUT2D eigenvalue weighted by molar-refractivity contribution is 0.292. The number of benzene rings is 1. The lowest BCUT2D eigenvalue weighted by Crippen LogP contribution is -2.42. The van der Waals surface area contributed by atoms with E-state index in [1.165, 1.54) is 0 Å². The van der Waals surface area contributed by atoms with Crippen molar-refractivity contribution in [3.05, 3.63) is 29.8 Å². The van der Waals surface area contributed by atoms with Gasteiger partial charge in [0.05, 0.1) is 4.90 Å². The summed E-state index contributed by atoms with van der Waals surface area (Å²) in [5, 5.41) is 6.76. The molecule has 9 heteroatoms. The van der Waals surface area contributed by atoms with E-state index in [1.807, 2.05) is 12.1 Å². The molecular weight excluding hydrogens is 525 g/mol. The van der Waals surface area contributed by atoms with Crippen molar-refractivity contribution >= 4 is 40.0 Å². The molecule has 0 bridgehead atoms. The zero-order chi connectivity index (χ0) is 22.0. The Hall–Kier alpha value is -0.910. The van der Waals surface area contributed by atoms with Crippen molar-refractivity contribution in [1.29, 1.82) is 0 Å². The number of sulfonamides is 1. The highest BCUT2D eigenvalue weighted by molar-refractivity contribution is 14.0. The van der Waals surface area contributed by atoms with E-state index >= 15 is 0 Å². The van der Waals surface area contributed by atoms with Crippen LogP contribution >= 0.6 is 24.0 Å². The zero-order valence-electron chi connectivity index (χ0n) is 19.4. The molecule has 0 aromatic heterocycles. The molecular formula is C22H40IN5O2S. The van der Waals surface area contributed by atoms with Gasteiger partial charge >= 0.3 is 0 Å². The topological polar surface area (TPSA) is 77.0 Å². The average Bonchev–Trinajstić information content (AvgIpc) is 3.30. The highest BCUT2D eigenvalue weighted by atomic mass is 127. The molecule has 0 spiro atoms. The van der Waals surface area contributed by atoms with Crippen molar-refractivity contribution in [2.75, 3.05) is 39.8 Å². The first-order valence-corrected chi connectivity index (χ1v) is 12.6. The smallest absolute Gasteiger partial charge is 0.243 e. The van der Waals surface area contributed by atoms with Gasteiger partial charge in [0, 0.05) is 32.7 Å². The molecule has 1 aliphatic rings. The quantitative estimate of drug-likeness (QED) is 0.245. The van der Waals surface area contributed by atoms with E-state index in [9.17, 15) is 8.42 Å². The van der Waals surface area contributed by atoms with Gasteiger partial charge in [0.25, 0.3) is 0 Å². The third-order valence-corrected chi connectivity index (χ3v) is 7.61. The summed E-state index contributed by atoms with van der Waals surface area (Å²) in [6.07, 6.45) is 4.13. The van der Waals surface area contributed by atoms with Crippen LogP contribution in [0.15, 0.2) is 34.2 Å². The van der Waals surface area contributed by atoms with E-state index in [2.05, 4.69) is 41.3 Å². The van der Waals surface area contributed by atoms with E-state index in [1.54, 1.807) is 23.5 Å². The lowest BCUT2D eigenvalue weighted by atomic mass is 10.2. The molecule has 1 saturated heterocycles. The van der Waals surface area contributed by atoms with Crippen LogP contribution in [0.5, 0.6) is 0 Å². The summed E-state index contributed by atoms with van der Waals surface area (Å²) in [6, 6.07) is 7.49. The van der Waals surface area contributed by atoms with Crippen LogP contribution in [0.2, 0.25) is 0 Å². The fraction of sp³-hybridized carbons (Fsp3) is 0.682. The first kappa shape index (κ1) is 28.1. The van der Waals surface area contributed by atoms with Gasteiger partial charge in [0.1, 0.15) is 0 Å². The third-order valence-electron chi connectivity index (χ3n) is 5.70. The Labute approximate surface area is 206 Å². The van der Waals surface area contributed by atoms with E-state index in [0.29, 0.717) is 30.6 Å². The van der Waals surface area contributed by atoms with Gasteiger partial charge in [-0.2, -0.15) is 4.31 Å². The van der Waals surface area contributed by atoms with Crippen LogP contribution in [0.25, 0.3) is 0 Å². The minimum Gasteiger partial charge on any atom is -0.354 e. The maximum absolute atomic E-state index is 12.6. The highest BCUT2D eigenvalue weighted by Crippen LogP contribution is 2.21. The molecule has 0 saturated carbocycles. The fourth-order valence-electron chi connectivity index (χ4n) is 3.70. The molecule has 31 heavy (non-hydrogen) atoms. The molecule has 0 amide bonds. The van der Waals surface area contributed by atoms with Crippen molar-refractivity contribution in [3.8, 4) is 0 Å². The van der Waals surface area contributed by atoms with E-state index in [4.69, 9.17) is 0 Å². The van der Waals surface area contributed by atoms with Crippen molar-refractivity contribution in [3.63, 3.8) is 0 Å². The Bertz CT molecular complexity index is 761. The number of hydrogen-bond acceptors (Lipinski definition) is 4. The second kappa shape index (κ2) is 14.3. The molecule has 1 fully saturated rings. The van der Waals surface area contributed by atoms with Gasteiger partial charge in [0.15, 0.2) is 5.96 Å². The lowest BCUT2D eigenvalue weighted by Gasteiger charge is -2.21. The molecule has 2 N–H and O–H groups in total. The van der Waals surface area contributed by atoms with Crippen molar-refractivity contribution in [1.82, 2.24) is 19.8 Å². The second-order valence-electron chi connectivity index (χ2n) is 7.90. The highest BCUT2D eigenvalue weighted by Gasteiger charge is 2.26. The Balaban J connectivity index is 0.00000480. The predicted molar refractivity (Wildman–Crippen MR) is 140 cm³/mol. The first-order chi connectivity index (χ1) is 14.4. The summed E-state index contributed by atoms with van der Waals surface area (Å²) in [6.45, 7) is 11.7. The monoisotopic (exact) mass is 565 g/mol. The van der Waals surface area contributed by atoms with E-state index < -0.39 is 10.0 Å². The van der Waals surface area contributed by atoms with Crippen LogP contribution in [0.1, 0.15) is 52.0 Å². The minimum absolute atomic E-state index is 0. The van der Waals surface area contributed by atoms with Gasteiger partial charge < -0.3 is 15.5 Å². The Morgan fingerprint density at radius 3 is 2.32 bits per heavy atom. The number of halogens is 1. The van der Waals surface area contributed by atoms with Gasteiger partial charge in [-0.25, -0.2) is 8.42 Å². The Morgan fingerprint density at radius 2 is 1.77 bits per heavy atom. The third kappa shape index (κ3) is 8.86. The largest absolute Gasteiger partial charge is 0.354 e. The SMILES string of the molecule is CCN(CC)CCCC(C)NC(=NC)NCc1ccc(S(=O)(=O)N2CCCC2)cc1.I. The van der Waals surface area contributed by atoms with Crippen LogP contribution in [0, 0.1) is 0 Å². The summed E-state index contributed by atoms with van der Waals surface area (Å²) in [5.41, 5.74) is 1.02. The molecule has 0 aliphatic carbocycles. The number of guanidine groups is 1. The van der Waals surface area contributed by atoms with Crippen molar-refractivity contribution in [2.45, 2.75) is 63.9 Å². The standard InChI is InChI=1S/C22H39N5O2S.HI/c1-5-26(6-2)15-9-10-19(3)25-22(23-4)24-18-20-11-13-21(14-12-20)30(28,29)27-16-7-8-17-27;/h11-14,19H,5-10,15-18H2,1-4H3,(H2,23,24,25);1H. The molecule has 178 valence electrons. The van der Waals surface area contributed by atoms with Crippen molar-refractivity contribution in [2.24, 2.45) is 4.99 Å². The average molecular weight is 566 g/mol. The van der Waals surface area contributed by atoms with Crippen molar-refractivity contribution < 1.29 is 8.42 Å². The molecule has 1 heterocycles. The summed E-state index contributed by atoms with van der Waals surface area (Å²) in [5.74, 6) is 0.763. The summed E-state index contributed by atoms with van der Waals surface area (Å²) in [7, 11) is -1.59. The molecule has 1 atom stereocenters. The maximum atomic E-state index is 12.6. The minimum atomic E-state index is -3.35. The first-order valence-electron chi connectivity index (χ1n) is 11.2. The Kier molecular flexibility index (Phi) is 13.0. The van der Waals surface area contributed by atoms with Gasteiger partial charge in [-0.1, -0.05) is 26.0 Å². The molecule has 1 aliphatic heterocycles. The molecule has 1 aromatic carbocycles. The number of hydrogen-bond donors (Lipinski definition) is 2. The number of aliphatic imine (C=N–C) groups is 1. The van der Waals surface area contributed by atoms with Crippen LogP contribution in [0.3, 0.4) is 0 Å². The molecule has 1 unspecified atom stereocenters. The number of nitrogens with one attached hydrogen (secondary N) is 2. The van der Waals surface area contributed by atoms with Crippen LogP contribution < -0.4 is 10.6 Å². The second-order valence-corrected chi connectivity index (χ2v) is 9.83. The molecule has 1 aromatic rings. The number of rotatable bonds is 11. The molecule has 2 rings (SSSR count). The van der Waals surface area contributed by atoms with E-state index in [0.717, 1.165) is 56.8 Å². The summed E-state index contributed by atoms with van der Waals surface area (Å²) in [4.78, 5) is 7.12. The Morgan fingerprint density at radius 1 is 1.16 bits per heavy atom. The van der Waals surface area contributed by atoms with Crippen LogP contribution in [0.4, 0.5) is 0 Å². The van der Waals surface area contributed by atoms with E-state index in [-0.39, 0.29) is 24.0 Å². The molecule has 7 nitrogen and oxygen atoms in total. The summed E-state index contributed by atoms with van der Waals surface area (Å²) >= 11 is 0. The molecule has 0 radical (unpaired) electrons. The summed E-state index contributed by atoms with van der Waals surface area (Å²) < 4.78 is 26.8. The van der Waals surface area contributed by atoms with Gasteiger partial charge in [-0.3, -0.25) is 4.99 Å². The van der Waals surface area contributed by atoms with Crippen LogP contribution in [-0.2, 0) is 16.6 Å². The predicted octanol–water partition coefficient (Wildman–Crippen LogP) is 3.26. The zero-order valence-corrected chi connectivity index (χ0v) is 22.6. The normalized spacial score (nSPS) is 16.2. The fourth-order valence-corrected chi connectivity index (χ4v) is 5.22.